The van der Waals surface area contributed by atoms with E-state index in [1.165, 1.54) is 17.7 Å². The summed E-state index contributed by atoms with van der Waals surface area (Å²) >= 11 is 1.56. The lowest BCUT2D eigenvalue weighted by Crippen LogP contribution is -2.37. The molecule has 1 unspecified atom stereocenters. The Hall–Kier alpha value is -1.63. The number of amides is 2. The fraction of sp³-hybridized carbons (Fsp3) is 0.667. The van der Waals surface area contributed by atoms with E-state index in [0.29, 0.717) is 18.1 Å². The molecule has 1 saturated heterocycles. The van der Waals surface area contributed by atoms with Crippen LogP contribution in [-0.4, -0.2) is 40.1 Å². The maximum Gasteiger partial charge on any atom is 0.323 e. The number of anilines is 1. The molecule has 7 heteroatoms. The molecule has 0 aromatic carbocycles. The Balaban J connectivity index is 1.64. The normalized spacial score (nSPS) is 24.7. The summed E-state index contributed by atoms with van der Waals surface area (Å²) in [7, 11) is 0. The molecule has 3 rings (SSSR count). The van der Waals surface area contributed by atoms with Crippen LogP contribution < -0.4 is 5.32 Å². The summed E-state index contributed by atoms with van der Waals surface area (Å²) in [6.45, 7) is 2.41. The Morgan fingerprint density at radius 1 is 1.32 bits per heavy atom. The number of nitrogens with one attached hydrogen (secondary N) is 1. The molecule has 6 nitrogen and oxygen atoms in total. The molecule has 1 atom stereocenters. The molecule has 0 radical (unpaired) electrons. The zero-order chi connectivity index (χ0) is 15.7. The molecule has 120 valence electrons. The maximum absolute atomic E-state index is 12.3. The van der Waals surface area contributed by atoms with Crippen LogP contribution in [0.5, 0.6) is 0 Å². The van der Waals surface area contributed by atoms with E-state index in [-0.39, 0.29) is 12.6 Å². The highest BCUT2D eigenvalue weighted by atomic mass is 32.1. The minimum Gasteiger partial charge on any atom is -0.481 e. The molecular weight excluding hydrogens is 302 g/mol. The van der Waals surface area contributed by atoms with Crippen LogP contribution in [0.25, 0.3) is 0 Å². The molecule has 1 aromatic rings. The molecule has 22 heavy (non-hydrogen) atoms. The molecular formula is C15H21N3O3S. The molecule has 0 bridgehead atoms. The molecule has 1 aliphatic heterocycles. The maximum atomic E-state index is 12.3. The Bertz CT molecular complexity index is 577. The molecule has 1 aliphatic carbocycles. The lowest BCUT2D eigenvalue weighted by Gasteiger charge is -2.19. The number of carboxylic acids is 1. The fourth-order valence-corrected chi connectivity index (χ4v) is 4.10. The van der Waals surface area contributed by atoms with Crippen LogP contribution in [0.2, 0.25) is 0 Å². The van der Waals surface area contributed by atoms with Gasteiger partial charge in [-0.15, -0.1) is 11.3 Å². The first-order valence-corrected chi connectivity index (χ1v) is 8.57. The third-order valence-electron chi connectivity index (χ3n) is 4.59. The molecule has 2 amide bonds. The number of fused-ring (bicyclic) bond motifs is 1. The Kier molecular flexibility index (Phi) is 4.08. The number of hydrogen-bond acceptors (Lipinski definition) is 4. The van der Waals surface area contributed by atoms with Gasteiger partial charge in [0.25, 0.3) is 0 Å². The van der Waals surface area contributed by atoms with Crippen molar-refractivity contribution in [1.29, 1.82) is 0 Å². The predicted octanol–water partition coefficient (Wildman–Crippen LogP) is 2.74. The van der Waals surface area contributed by atoms with Crippen molar-refractivity contribution in [2.24, 2.45) is 5.41 Å². The lowest BCUT2D eigenvalue weighted by atomic mass is 9.90. The number of nitrogens with zero attached hydrogens (tertiary/aromatic N) is 2. The lowest BCUT2D eigenvalue weighted by molar-refractivity contribution is -0.146. The van der Waals surface area contributed by atoms with Crippen molar-refractivity contribution < 1.29 is 14.7 Å². The number of carbonyl (C=O) groups excluding carboxylic acids is 1. The predicted molar refractivity (Wildman–Crippen MR) is 84.3 cm³/mol. The topological polar surface area (TPSA) is 82.5 Å². The number of urea groups is 1. The van der Waals surface area contributed by atoms with Crippen LogP contribution in [0.4, 0.5) is 9.93 Å². The number of hydrogen-bond donors (Lipinski definition) is 2. The quantitative estimate of drug-likeness (QED) is 0.820. The van der Waals surface area contributed by atoms with E-state index in [0.717, 1.165) is 25.0 Å². The summed E-state index contributed by atoms with van der Waals surface area (Å²) in [4.78, 5) is 30.9. The van der Waals surface area contributed by atoms with Gasteiger partial charge in [-0.1, -0.05) is 6.42 Å². The second kappa shape index (κ2) is 5.87. The molecule has 2 aliphatic rings. The van der Waals surface area contributed by atoms with Crippen LogP contribution in [-0.2, 0) is 17.6 Å². The van der Waals surface area contributed by atoms with Gasteiger partial charge in [0, 0.05) is 18.0 Å². The summed E-state index contributed by atoms with van der Waals surface area (Å²) in [6, 6.07) is -0.242. The number of likely N-dealkylation sites (tertiary alicyclic amines) is 1. The second-order valence-corrected chi connectivity index (χ2v) is 7.50. The zero-order valence-electron chi connectivity index (χ0n) is 12.7. The van der Waals surface area contributed by atoms with Gasteiger partial charge in [0.05, 0.1) is 11.1 Å². The van der Waals surface area contributed by atoms with Crippen LogP contribution >= 0.6 is 11.3 Å². The van der Waals surface area contributed by atoms with E-state index in [1.807, 2.05) is 0 Å². The monoisotopic (exact) mass is 323 g/mol. The van der Waals surface area contributed by atoms with Crippen LogP contribution in [0.1, 0.15) is 43.2 Å². The highest BCUT2D eigenvalue weighted by Crippen LogP contribution is 2.32. The van der Waals surface area contributed by atoms with Crippen molar-refractivity contribution in [2.75, 3.05) is 18.4 Å². The molecule has 0 spiro atoms. The number of rotatable bonds is 2. The smallest absolute Gasteiger partial charge is 0.323 e. The largest absolute Gasteiger partial charge is 0.481 e. The number of aromatic nitrogens is 1. The third-order valence-corrected chi connectivity index (χ3v) is 5.66. The van der Waals surface area contributed by atoms with E-state index in [2.05, 4.69) is 10.3 Å². The minimum absolute atomic E-state index is 0.242. The van der Waals surface area contributed by atoms with E-state index in [1.54, 1.807) is 23.2 Å². The first kappa shape index (κ1) is 15.3. The molecule has 1 fully saturated rings. The molecule has 0 saturated carbocycles. The Morgan fingerprint density at radius 2 is 2.09 bits per heavy atom. The standard InChI is InChI=1S/C15H21N3O3S/c1-15(12(19)20)7-8-18(9-15)14(21)17-13-16-10-5-3-2-4-6-11(10)22-13/h2-9H2,1H3,(H,19,20)(H,16,17,21). The summed E-state index contributed by atoms with van der Waals surface area (Å²) < 4.78 is 0. The second-order valence-electron chi connectivity index (χ2n) is 6.42. The molecule has 2 N–H and O–H groups in total. The van der Waals surface area contributed by atoms with Crippen molar-refractivity contribution in [2.45, 2.75) is 45.4 Å². The van der Waals surface area contributed by atoms with Crippen LogP contribution in [0.3, 0.4) is 0 Å². The van der Waals surface area contributed by atoms with Crippen molar-refractivity contribution in [3.05, 3.63) is 10.6 Å². The number of aliphatic carboxylic acids is 1. The third kappa shape index (κ3) is 2.95. The summed E-state index contributed by atoms with van der Waals surface area (Å²) in [5.74, 6) is -0.844. The van der Waals surface area contributed by atoms with E-state index >= 15 is 0 Å². The fourth-order valence-electron chi connectivity index (χ4n) is 3.06. The molecule has 1 aromatic heterocycles. The molecule has 2 heterocycles. The zero-order valence-corrected chi connectivity index (χ0v) is 13.5. The summed E-state index contributed by atoms with van der Waals surface area (Å²) in [5.41, 5.74) is 0.284. The van der Waals surface area contributed by atoms with Gasteiger partial charge >= 0.3 is 12.0 Å². The average Bonchev–Trinajstić information content (AvgIpc) is 2.98. The van der Waals surface area contributed by atoms with Crippen molar-refractivity contribution in [1.82, 2.24) is 9.88 Å². The highest BCUT2D eigenvalue weighted by molar-refractivity contribution is 7.15. The summed E-state index contributed by atoms with van der Waals surface area (Å²) in [6.07, 6.45) is 6.11. The van der Waals surface area contributed by atoms with Gasteiger partial charge in [-0.2, -0.15) is 0 Å². The van der Waals surface area contributed by atoms with Gasteiger partial charge < -0.3 is 10.0 Å². The first-order valence-electron chi connectivity index (χ1n) is 7.76. The van der Waals surface area contributed by atoms with Gasteiger partial charge in [-0.3, -0.25) is 10.1 Å². The number of aryl methyl sites for hydroxylation is 2. The van der Waals surface area contributed by atoms with Crippen LogP contribution in [0, 0.1) is 5.41 Å². The van der Waals surface area contributed by atoms with Gasteiger partial charge in [-0.25, -0.2) is 9.78 Å². The Morgan fingerprint density at radius 3 is 2.82 bits per heavy atom. The van der Waals surface area contributed by atoms with Crippen LogP contribution in [0.15, 0.2) is 0 Å². The van der Waals surface area contributed by atoms with Gasteiger partial charge in [0.15, 0.2) is 5.13 Å². The van der Waals surface area contributed by atoms with Crippen molar-refractivity contribution >= 4 is 28.5 Å². The Labute approximate surface area is 133 Å². The number of carbonyl (C=O) groups is 2. The van der Waals surface area contributed by atoms with Gasteiger partial charge in [-0.05, 0) is 39.0 Å². The van der Waals surface area contributed by atoms with Crippen molar-refractivity contribution in [3.63, 3.8) is 0 Å². The first-order chi connectivity index (χ1) is 10.5. The minimum atomic E-state index is -0.844. The van der Waals surface area contributed by atoms with E-state index in [4.69, 9.17) is 0 Å². The number of thiazole rings is 1. The SMILES string of the molecule is CC1(C(=O)O)CCN(C(=O)Nc2nc3c(s2)CCCCC3)C1. The van der Waals surface area contributed by atoms with E-state index in [9.17, 15) is 14.7 Å². The summed E-state index contributed by atoms with van der Waals surface area (Å²) in [5, 5.41) is 12.7. The number of carboxylic acid groups (broad SMARTS) is 1. The highest BCUT2D eigenvalue weighted by Gasteiger charge is 2.42. The van der Waals surface area contributed by atoms with Crippen molar-refractivity contribution in [3.8, 4) is 0 Å². The van der Waals surface area contributed by atoms with E-state index < -0.39 is 11.4 Å². The van der Waals surface area contributed by atoms with Gasteiger partial charge in [0.1, 0.15) is 0 Å². The van der Waals surface area contributed by atoms with Gasteiger partial charge in [0.2, 0.25) is 0 Å². The average molecular weight is 323 g/mol.